The third-order valence-corrected chi connectivity index (χ3v) is 3.82. The normalized spacial score (nSPS) is 15.3. The molecular formula is C15H20N2O4. The number of para-hydroxylation sites is 1. The van der Waals surface area contributed by atoms with Gasteiger partial charge in [0.25, 0.3) is 0 Å². The number of aromatic carboxylic acids is 1. The summed E-state index contributed by atoms with van der Waals surface area (Å²) in [6.07, 6.45) is 3.10. The quantitative estimate of drug-likeness (QED) is 0.719. The average molecular weight is 292 g/mol. The number of carboxylic acid groups (broad SMARTS) is 1. The molecule has 6 heteroatoms. The molecule has 114 valence electrons. The van der Waals surface area contributed by atoms with Crippen LogP contribution in [-0.2, 0) is 4.74 Å². The van der Waals surface area contributed by atoms with Crippen LogP contribution in [-0.4, -0.2) is 37.4 Å². The van der Waals surface area contributed by atoms with E-state index in [9.17, 15) is 9.59 Å². The molecule has 1 aliphatic carbocycles. The molecule has 1 aliphatic rings. The fourth-order valence-corrected chi connectivity index (χ4v) is 2.22. The maximum absolute atomic E-state index is 11.9. The second kappa shape index (κ2) is 6.58. The van der Waals surface area contributed by atoms with Crippen LogP contribution in [0.15, 0.2) is 24.3 Å². The van der Waals surface area contributed by atoms with E-state index >= 15 is 0 Å². The number of rotatable bonds is 7. The Balaban J connectivity index is 1.87. The third kappa shape index (κ3) is 4.19. The number of anilines is 1. The second-order valence-electron chi connectivity index (χ2n) is 5.40. The van der Waals surface area contributed by atoms with E-state index in [1.54, 1.807) is 25.3 Å². The van der Waals surface area contributed by atoms with Gasteiger partial charge in [-0.25, -0.2) is 9.59 Å². The Bertz CT molecular complexity index is 526. The topological polar surface area (TPSA) is 87.7 Å². The van der Waals surface area contributed by atoms with Crippen molar-refractivity contribution in [1.82, 2.24) is 5.32 Å². The number of amides is 2. The van der Waals surface area contributed by atoms with Crippen LogP contribution in [0.25, 0.3) is 0 Å². The number of carboxylic acids is 1. The maximum Gasteiger partial charge on any atom is 0.337 e. The van der Waals surface area contributed by atoms with Crippen LogP contribution < -0.4 is 10.6 Å². The van der Waals surface area contributed by atoms with Gasteiger partial charge in [0.1, 0.15) is 0 Å². The Labute approximate surface area is 123 Å². The van der Waals surface area contributed by atoms with Crippen molar-refractivity contribution in [2.75, 3.05) is 25.6 Å². The average Bonchev–Trinajstić information content (AvgIpc) is 3.24. The minimum Gasteiger partial charge on any atom is -0.478 e. The van der Waals surface area contributed by atoms with Crippen molar-refractivity contribution >= 4 is 17.7 Å². The second-order valence-corrected chi connectivity index (χ2v) is 5.40. The molecule has 0 aliphatic heterocycles. The number of hydrogen-bond acceptors (Lipinski definition) is 3. The molecule has 2 rings (SSSR count). The van der Waals surface area contributed by atoms with Gasteiger partial charge >= 0.3 is 12.0 Å². The van der Waals surface area contributed by atoms with E-state index in [0.717, 1.165) is 19.3 Å². The highest BCUT2D eigenvalue weighted by Crippen LogP contribution is 2.48. The molecular weight excluding hydrogens is 272 g/mol. The Morgan fingerprint density at radius 1 is 1.33 bits per heavy atom. The summed E-state index contributed by atoms with van der Waals surface area (Å²) in [6.45, 7) is 1.27. The molecule has 0 bridgehead atoms. The SMILES string of the molecule is COCCC1(CNC(=O)Nc2ccccc2C(=O)O)CC1. The summed E-state index contributed by atoms with van der Waals surface area (Å²) in [5, 5.41) is 14.5. The highest BCUT2D eigenvalue weighted by molar-refractivity contribution is 5.99. The maximum atomic E-state index is 11.9. The lowest BCUT2D eigenvalue weighted by Crippen LogP contribution is -2.34. The van der Waals surface area contributed by atoms with Gasteiger partial charge in [-0.2, -0.15) is 0 Å². The lowest BCUT2D eigenvalue weighted by molar-refractivity contribution is 0.0698. The summed E-state index contributed by atoms with van der Waals surface area (Å²) in [4.78, 5) is 23.0. The van der Waals surface area contributed by atoms with Crippen LogP contribution in [0.3, 0.4) is 0 Å². The van der Waals surface area contributed by atoms with Crippen molar-refractivity contribution in [1.29, 1.82) is 0 Å². The molecule has 3 N–H and O–H groups in total. The molecule has 1 aromatic carbocycles. The lowest BCUT2D eigenvalue weighted by atomic mass is 10.0. The van der Waals surface area contributed by atoms with Crippen LogP contribution in [0.2, 0.25) is 0 Å². The molecule has 1 aromatic rings. The van der Waals surface area contributed by atoms with Crippen LogP contribution in [0.4, 0.5) is 10.5 Å². The van der Waals surface area contributed by atoms with E-state index < -0.39 is 5.97 Å². The Kier molecular flexibility index (Phi) is 4.80. The monoisotopic (exact) mass is 292 g/mol. The summed E-state index contributed by atoms with van der Waals surface area (Å²) < 4.78 is 5.07. The van der Waals surface area contributed by atoms with Gasteiger partial charge in [0, 0.05) is 20.3 Å². The van der Waals surface area contributed by atoms with Crippen molar-refractivity contribution in [3.8, 4) is 0 Å². The Hall–Kier alpha value is -2.08. The Morgan fingerprint density at radius 2 is 2.05 bits per heavy atom. The molecule has 1 fully saturated rings. The smallest absolute Gasteiger partial charge is 0.337 e. The highest BCUT2D eigenvalue weighted by Gasteiger charge is 2.42. The number of carbonyl (C=O) groups is 2. The number of hydrogen-bond donors (Lipinski definition) is 3. The summed E-state index contributed by atoms with van der Waals surface area (Å²) in [5.74, 6) is -1.07. The fourth-order valence-electron chi connectivity index (χ4n) is 2.22. The number of benzene rings is 1. The summed E-state index contributed by atoms with van der Waals surface area (Å²) in [6, 6.07) is 5.95. The van der Waals surface area contributed by atoms with E-state index in [0.29, 0.717) is 18.8 Å². The van der Waals surface area contributed by atoms with Gasteiger partial charge < -0.3 is 20.5 Å². The molecule has 6 nitrogen and oxygen atoms in total. The van der Waals surface area contributed by atoms with Gasteiger partial charge in [-0.1, -0.05) is 12.1 Å². The molecule has 0 atom stereocenters. The van der Waals surface area contributed by atoms with E-state index in [-0.39, 0.29) is 17.0 Å². The predicted octanol–water partition coefficient (Wildman–Crippen LogP) is 2.32. The highest BCUT2D eigenvalue weighted by atomic mass is 16.5. The molecule has 0 saturated heterocycles. The lowest BCUT2D eigenvalue weighted by Gasteiger charge is -2.16. The van der Waals surface area contributed by atoms with Gasteiger partial charge in [0.2, 0.25) is 0 Å². The molecule has 21 heavy (non-hydrogen) atoms. The molecule has 0 spiro atoms. The van der Waals surface area contributed by atoms with Crippen LogP contribution in [0, 0.1) is 5.41 Å². The van der Waals surface area contributed by atoms with Gasteiger partial charge in [0.05, 0.1) is 11.3 Å². The summed E-state index contributed by atoms with van der Waals surface area (Å²) >= 11 is 0. The first-order valence-corrected chi connectivity index (χ1v) is 6.92. The molecule has 2 amide bonds. The molecule has 0 aromatic heterocycles. The zero-order chi connectivity index (χ0) is 15.3. The van der Waals surface area contributed by atoms with Gasteiger partial charge in [-0.3, -0.25) is 0 Å². The zero-order valence-corrected chi connectivity index (χ0v) is 12.0. The number of ether oxygens (including phenoxy) is 1. The van der Waals surface area contributed by atoms with E-state index in [4.69, 9.17) is 9.84 Å². The third-order valence-electron chi connectivity index (χ3n) is 3.82. The van der Waals surface area contributed by atoms with Crippen molar-refractivity contribution in [3.63, 3.8) is 0 Å². The number of carbonyl (C=O) groups excluding carboxylic acids is 1. The first-order valence-electron chi connectivity index (χ1n) is 6.92. The first kappa shape index (κ1) is 15.3. The predicted molar refractivity (Wildman–Crippen MR) is 78.6 cm³/mol. The van der Waals surface area contributed by atoms with Crippen molar-refractivity contribution in [3.05, 3.63) is 29.8 Å². The van der Waals surface area contributed by atoms with Crippen molar-refractivity contribution < 1.29 is 19.4 Å². The Morgan fingerprint density at radius 3 is 2.67 bits per heavy atom. The van der Waals surface area contributed by atoms with Crippen molar-refractivity contribution in [2.24, 2.45) is 5.41 Å². The first-order chi connectivity index (χ1) is 10.1. The van der Waals surface area contributed by atoms with E-state index in [1.807, 2.05) is 0 Å². The van der Waals surface area contributed by atoms with Gasteiger partial charge in [-0.15, -0.1) is 0 Å². The summed E-state index contributed by atoms with van der Waals surface area (Å²) in [7, 11) is 1.67. The van der Waals surface area contributed by atoms with Crippen LogP contribution in [0.1, 0.15) is 29.6 Å². The molecule has 0 unspecified atom stereocenters. The van der Waals surface area contributed by atoms with E-state index in [1.165, 1.54) is 6.07 Å². The molecule has 0 heterocycles. The van der Waals surface area contributed by atoms with Crippen molar-refractivity contribution in [2.45, 2.75) is 19.3 Å². The minimum absolute atomic E-state index is 0.0770. The number of urea groups is 1. The minimum atomic E-state index is -1.07. The van der Waals surface area contributed by atoms with Gasteiger partial charge in [0.15, 0.2) is 0 Å². The standard InChI is InChI=1S/C15H20N2O4/c1-21-9-8-15(6-7-15)10-16-14(20)17-12-5-3-2-4-11(12)13(18)19/h2-5H,6-10H2,1H3,(H,18,19)(H2,16,17,20). The number of nitrogens with one attached hydrogen (secondary N) is 2. The summed E-state index contributed by atoms with van der Waals surface area (Å²) in [5.41, 5.74) is 0.525. The number of methoxy groups -OCH3 is 1. The zero-order valence-electron chi connectivity index (χ0n) is 12.0. The van der Waals surface area contributed by atoms with Crippen LogP contribution >= 0.6 is 0 Å². The van der Waals surface area contributed by atoms with Crippen LogP contribution in [0.5, 0.6) is 0 Å². The molecule has 1 saturated carbocycles. The largest absolute Gasteiger partial charge is 0.478 e. The fraction of sp³-hybridized carbons (Fsp3) is 0.467. The molecule has 0 radical (unpaired) electrons. The van der Waals surface area contributed by atoms with E-state index in [2.05, 4.69) is 10.6 Å². The van der Waals surface area contributed by atoms with Gasteiger partial charge in [-0.05, 0) is 36.8 Å².